The molecule has 0 aromatic rings. The Morgan fingerprint density at radius 3 is 2.41 bits per heavy atom. The zero-order valence-corrected chi connectivity index (χ0v) is 23.7. The van der Waals surface area contributed by atoms with E-state index in [1.54, 1.807) is 0 Å². The van der Waals surface area contributed by atoms with Gasteiger partial charge in [-0.05, 0) is 82.0 Å². The van der Waals surface area contributed by atoms with Gasteiger partial charge in [-0.15, -0.1) is 0 Å². The summed E-state index contributed by atoms with van der Waals surface area (Å²) in [5.41, 5.74) is 2.12. The summed E-state index contributed by atoms with van der Waals surface area (Å²) >= 11 is 0. The van der Waals surface area contributed by atoms with Crippen LogP contribution in [0.4, 0.5) is 0 Å². The molecule has 204 valence electrons. The van der Waals surface area contributed by atoms with E-state index in [2.05, 4.69) is 64.2 Å². The molecule has 4 aliphatic rings. The monoisotopic (exact) mass is 508 g/mol. The van der Waals surface area contributed by atoms with Crippen LogP contribution in [0.1, 0.15) is 86.5 Å². The van der Waals surface area contributed by atoms with Crippen molar-refractivity contribution in [3.63, 3.8) is 0 Å². The fourth-order valence-electron chi connectivity index (χ4n) is 7.22. The van der Waals surface area contributed by atoms with Crippen molar-refractivity contribution in [2.24, 2.45) is 47.3 Å². The molecule has 4 aliphatic carbocycles. The molecule has 0 spiro atoms. The van der Waals surface area contributed by atoms with E-state index < -0.39 is 17.8 Å². The van der Waals surface area contributed by atoms with Crippen LogP contribution in [0.3, 0.4) is 0 Å². The Morgan fingerprint density at radius 2 is 1.73 bits per heavy atom. The highest BCUT2D eigenvalue weighted by atomic mass is 16.4. The first kappa shape index (κ1) is 29.2. The van der Waals surface area contributed by atoms with Crippen molar-refractivity contribution in [1.82, 2.24) is 0 Å². The Kier molecular flexibility index (Phi) is 10.2. The number of carbonyl (C=O) groups excluding carboxylic acids is 1. The van der Waals surface area contributed by atoms with Crippen LogP contribution in [0.2, 0.25) is 0 Å². The fourth-order valence-corrected chi connectivity index (χ4v) is 7.22. The Bertz CT molecular complexity index is 994. The fraction of sp³-hybridized carbons (Fsp3) is 0.636. The van der Waals surface area contributed by atoms with Crippen LogP contribution >= 0.6 is 0 Å². The predicted octanol–water partition coefficient (Wildman–Crippen LogP) is 8.24. The van der Waals surface area contributed by atoms with Crippen LogP contribution in [0.5, 0.6) is 0 Å². The van der Waals surface area contributed by atoms with E-state index in [0.29, 0.717) is 18.3 Å². The molecule has 0 saturated heterocycles. The van der Waals surface area contributed by atoms with Crippen LogP contribution in [0.15, 0.2) is 58.9 Å². The molecule has 0 bridgehead atoms. The molecule has 4 heteroatoms. The molecule has 7 unspecified atom stereocenters. The van der Waals surface area contributed by atoms with Gasteiger partial charge in [0, 0.05) is 17.8 Å². The van der Waals surface area contributed by atoms with Gasteiger partial charge in [0.25, 0.3) is 0 Å². The molecule has 0 aliphatic heterocycles. The van der Waals surface area contributed by atoms with Crippen molar-refractivity contribution in [1.29, 1.82) is 0 Å². The highest BCUT2D eigenvalue weighted by molar-refractivity contribution is 6.18. The van der Waals surface area contributed by atoms with Gasteiger partial charge < -0.3 is 10.2 Å². The van der Waals surface area contributed by atoms with Crippen LogP contribution in [-0.4, -0.2) is 22.0 Å². The maximum absolute atomic E-state index is 14.1. The third-order valence-electron chi connectivity index (χ3n) is 9.20. The maximum atomic E-state index is 14.1. The number of rotatable bonds is 2. The van der Waals surface area contributed by atoms with Gasteiger partial charge >= 0.3 is 5.97 Å². The molecule has 8 atom stereocenters. The molecular formula is C33H48O4. The molecule has 4 rings (SSSR count). The smallest absolute Gasteiger partial charge is 0.342 e. The van der Waals surface area contributed by atoms with E-state index in [-0.39, 0.29) is 40.8 Å². The number of ketones is 1. The predicted molar refractivity (Wildman–Crippen MR) is 151 cm³/mol. The molecular weight excluding hydrogens is 460 g/mol. The third kappa shape index (κ3) is 6.38. The Balaban J connectivity index is 0.00000186. The summed E-state index contributed by atoms with van der Waals surface area (Å²) in [5.74, 6) is -1.45. The number of carboxylic acids is 1. The number of hydrogen-bond donors (Lipinski definition) is 2. The van der Waals surface area contributed by atoms with Gasteiger partial charge in [-0.2, -0.15) is 0 Å². The first-order valence-electron chi connectivity index (χ1n) is 14.6. The van der Waals surface area contributed by atoms with Crippen molar-refractivity contribution < 1.29 is 19.8 Å². The summed E-state index contributed by atoms with van der Waals surface area (Å²) in [6, 6.07) is 0. The van der Waals surface area contributed by atoms with E-state index in [9.17, 15) is 19.8 Å². The minimum absolute atomic E-state index is 0.0340. The van der Waals surface area contributed by atoms with Crippen molar-refractivity contribution in [3.8, 4) is 0 Å². The van der Waals surface area contributed by atoms with Gasteiger partial charge in [0.15, 0.2) is 5.78 Å². The summed E-state index contributed by atoms with van der Waals surface area (Å²) in [4.78, 5) is 26.7. The van der Waals surface area contributed by atoms with E-state index in [1.807, 2.05) is 13.8 Å². The number of hydrogen-bond acceptors (Lipinski definition) is 3. The Morgan fingerprint density at radius 1 is 1.03 bits per heavy atom. The molecule has 1 saturated carbocycles. The SMILES string of the molecule is CC.CCC1CC2/C(O)=C(\C(=O)O)C(=O)C3C(C=CC4C[C@@H](C)CCC43)C/C=C/C/C(C)=C/C2C=C1C. The zero-order valence-electron chi connectivity index (χ0n) is 23.7. The lowest BCUT2D eigenvalue weighted by Crippen LogP contribution is -2.42. The maximum Gasteiger partial charge on any atom is 0.342 e. The molecule has 0 aromatic heterocycles. The second kappa shape index (κ2) is 12.9. The van der Waals surface area contributed by atoms with Gasteiger partial charge in [-0.25, -0.2) is 4.79 Å². The normalized spacial score (nSPS) is 40.4. The highest BCUT2D eigenvalue weighted by Crippen LogP contribution is 2.48. The van der Waals surface area contributed by atoms with Gasteiger partial charge in [-0.1, -0.05) is 81.7 Å². The number of aliphatic hydroxyl groups is 1. The molecule has 37 heavy (non-hydrogen) atoms. The summed E-state index contributed by atoms with van der Waals surface area (Å²) in [5, 5.41) is 21.8. The zero-order chi connectivity index (χ0) is 27.3. The lowest BCUT2D eigenvalue weighted by Gasteiger charge is -2.43. The van der Waals surface area contributed by atoms with Crippen molar-refractivity contribution in [2.45, 2.75) is 86.5 Å². The molecule has 1 fully saturated rings. The highest BCUT2D eigenvalue weighted by Gasteiger charge is 2.46. The van der Waals surface area contributed by atoms with Gasteiger partial charge in [0.05, 0.1) is 0 Å². The lowest BCUT2D eigenvalue weighted by atomic mass is 9.60. The Hall–Kier alpha value is -2.36. The molecule has 0 aromatic carbocycles. The minimum atomic E-state index is -1.29. The van der Waals surface area contributed by atoms with Gasteiger partial charge in [0.1, 0.15) is 11.3 Å². The van der Waals surface area contributed by atoms with Crippen molar-refractivity contribution in [3.05, 3.63) is 58.9 Å². The van der Waals surface area contributed by atoms with Crippen LogP contribution < -0.4 is 0 Å². The summed E-state index contributed by atoms with van der Waals surface area (Å²) < 4.78 is 0. The second-order valence-corrected chi connectivity index (χ2v) is 11.6. The number of fused-ring (bicyclic) bond motifs is 4. The average Bonchev–Trinajstić information content (AvgIpc) is 2.87. The van der Waals surface area contributed by atoms with Crippen LogP contribution in [0.25, 0.3) is 0 Å². The second-order valence-electron chi connectivity index (χ2n) is 11.6. The number of allylic oxidation sites excluding steroid dienone is 9. The molecule has 0 radical (unpaired) electrons. The molecule has 0 heterocycles. The van der Waals surface area contributed by atoms with E-state index >= 15 is 0 Å². The molecule has 4 nitrogen and oxygen atoms in total. The number of carboxylic acid groups (broad SMARTS) is 1. The van der Waals surface area contributed by atoms with Crippen molar-refractivity contribution >= 4 is 11.8 Å². The quantitative estimate of drug-likeness (QED) is 0.291. The largest absolute Gasteiger partial charge is 0.511 e. The molecule has 2 N–H and O–H groups in total. The van der Waals surface area contributed by atoms with E-state index in [0.717, 1.165) is 38.5 Å². The molecule has 0 amide bonds. The minimum Gasteiger partial charge on any atom is -0.511 e. The number of Topliss-reactive ketones (excluding diaryl/α,β-unsaturated/α-hetero) is 1. The van der Waals surface area contributed by atoms with Gasteiger partial charge in [-0.3, -0.25) is 4.79 Å². The first-order valence-corrected chi connectivity index (χ1v) is 14.6. The lowest BCUT2D eigenvalue weighted by molar-refractivity contribution is -0.137. The summed E-state index contributed by atoms with van der Waals surface area (Å²) in [6.07, 6.45) is 19.3. The van der Waals surface area contributed by atoms with Crippen LogP contribution in [-0.2, 0) is 9.59 Å². The Labute approximate surface area is 224 Å². The average molecular weight is 509 g/mol. The van der Waals surface area contributed by atoms with E-state index in [4.69, 9.17) is 0 Å². The van der Waals surface area contributed by atoms with Crippen LogP contribution in [0, 0.1) is 47.3 Å². The van der Waals surface area contributed by atoms with E-state index in [1.165, 1.54) is 11.1 Å². The number of aliphatic carboxylic acids is 1. The topological polar surface area (TPSA) is 74.6 Å². The standard InChI is InChI=1S/C31H42O4.C2H6/c1-5-21-17-26-24(16-20(21)4)15-18(2)8-6-7-9-22-11-12-23-14-19(3)10-13-25(23)27(22)30(33)28(29(26)32)31(34)35;1-2/h6-7,11-12,15-16,19,21-27,32H,5,8-10,13-14,17H2,1-4H3,(H,34,35);1-2H3/b7-6+,18-15+,29-28+;/t19-,21?,22?,23?,24?,25?,26?,27?;/m0./s1. The summed E-state index contributed by atoms with van der Waals surface area (Å²) in [7, 11) is 0. The third-order valence-corrected chi connectivity index (χ3v) is 9.20. The summed E-state index contributed by atoms with van der Waals surface area (Å²) in [6.45, 7) is 12.6. The van der Waals surface area contributed by atoms with Gasteiger partial charge in [0.2, 0.25) is 0 Å². The first-order chi connectivity index (χ1) is 17.7. The van der Waals surface area contributed by atoms with Crippen molar-refractivity contribution in [2.75, 3.05) is 0 Å². The number of aliphatic hydroxyl groups excluding tert-OH is 1. The number of carbonyl (C=O) groups is 2.